The molecule has 1 rings (SSSR count). The Balaban J connectivity index is 2.44. The highest BCUT2D eigenvalue weighted by molar-refractivity contribution is 4.98. The van der Waals surface area contributed by atoms with Crippen molar-refractivity contribution < 1.29 is 4.74 Å². The van der Waals surface area contributed by atoms with Gasteiger partial charge in [0.2, 0.25) is 0 Å². The van der Waals surface area contributed by atoms with E-state index in [4.69, 9.17) is 4.74 Å². The van der Waals surface area contributed by atoms with Gasteiger partial charge in [0.15, 0.2) is 0 Å². The molecule has 0 unspecified atom stereocenters. The van der Waals surface area contributed by atoms with E-state index >= 15 is 0 Å². The molecule has 0 radical (unpaired) electrons. The molecule has 1 aromatic heterocycles. The van der Waals surface area contributed by atoms with E-state index in [1.54, 1.807) is 0 Å². The second-order valence-corrected chi connectivity index (χ2v) is 3.17. The smallest absolute Gasteiger partial charge is 0.0888 e. The Kier molecular flexibility index (Phi) is 3.96. The predicted octanol–water partition coefficient (Wildman–Crippen LogP) is 2.22. The zero-order chi connectivity index (χ0) is 9.68. The Labute approximate surface area is 79.7 Å². The van der Waals surface area contributed by atoms with Gasteiger partial charge in [0.1, 0.15) is 0 Å². The lowest BCUT2D eigenvalue weighted by molar-refractivity contribution is 0.0467. The molecule has 74 valence electrons. The van der Waals surface area contributed by atoms with E-state index in [1.165, 1.54) is 0 Å². The number of aryl methyl sites for hydroxylation is 1. The van der Waals surface area contributed by atoms with E-state index in [9.17, 15) is 0 Å². The first kappa shape index (κ1) is 10.3. The van der Waals surface area contributed by atoms with Gasteiger partial charge in [-0.25, -0.2) is 0 Å². The first-order chi connectivity index (χ1) is 6.27. The summed E-state index contributed by atoms with van der Waals surface area (Å²) < 4.78 is 7.58. The van der Waals surface area contributed by atoms with Crippen LogP contribution in [0, 0.1) is 0 Å². The molecule has 13 heavy (non-hydrogen) atoms. The van der Waals surface area contributed by atoms with E-state index in [2.05, 4.69) is 25.9 Å². The van der Waals surface area contributed by atoms with E-state index < -0.39 is 0 Å². The van der Waals surface area contributed by atoms with Crippen LogP contribution >= 0.6 is 0 Å². The molecule has 0 bridgehead atoms. The van der Waals surface area contributed by atoms with Gasteiger partial charge in [-0.2, -0.15) is 5.10 Å². The molecule has 0 fully saturated rings. The summed E-state index contributed by atoms with van der Waals surface area (Å²) in [5, 5.41) is 4.18. The number of hydrogen-bond acceptors (Lipinski definition) is 2. The maximum atomic E-state index is 5.62. The monoisotopic (exact) mass is 182 g/mol. The SMILES string of the molecule is CC[C@@H](C)OCc1ccnn1CC. The second-order valence-electron chi connectivity index (χ2n) is 3.17. The first-order valence-electron chi connectivity index (χ1n) is 4.90. The second kappa shape index (κ2) is 5.02. The fourth-order valence-corrected chi connectivity index (χ4v) is 1.11. The van der Waals surface area contributed by atoms with Crippen molar-refractivity contribution in [2.45, 2.75) is 46.4 Å². The van der Waals surface area contributed by atoms with Crippen molar-refractivity contribution in [3.8, 4) is 0 Å². The molecule has 1 atom stereocenters. The molecule has 0 N–H and O–H groups in total. The van der Waals surface area contributed by atoms with Crippen molar-refractivity contribution in [3.63, 3.8) is 0 Å². The van der Waals surface area contributed by atoms with Gasteiger partial charge >= 0.3 is 0 Å². The van der Waals surface area contributed by atoms with Crippen LogP contribution in [0.2, 0.25) is 0 Å². The topological polar surface area (TPSA) is 27.1 Å². The fraction of sp³-hybridized carbons (Fsp3) is 0.700. The molecule has 0 saturated heterocycles. The first-order valence-corrected chi connectivity index (χ1v) is 4.90. The van der Waals surface area contributed by atoms with Gasteiger partial charge in [0.25, 0.3) is 0 Å². The molecule has 0 aliphatic heterocycles. The molecular weight excluding hydrogens is 164 g/mol. The highest BCUT2D eigenvalue weighted by Crippen LogP contribution is 2.04. The van der Waals surface area contributed by atoms with Crippen LogP contribution in [0.4, 0.5) is 0 Å². The summed E-state index contributed by atoms with van der Waals surface area (Å²) in [7, 11) is 0. The molecule has 1 heterocycles. The molecule has 1 aromatic rings. The van der Waals surface area contributed by atoms with Gasteiger partial charge in [-0.1, -0.05) is 6.92 Å². The summed E-state index contributed by atoms with van der Waals surface area (Å²) in [6.07, 6.45) is 3.21. The third kappa shape index (κ3) is 2.84. The summed E-state index contributed by atoms with van der Waals surface area (Å²) in [6, 6.07) is 2.01. The molecule has 0 aliphatic rings. The fourth-order valence-electron chi connectivity index (χ4n) is 1.11. The Morgan fingerprint density at radius 3 is 2.92 bits per heavy atom. The lowest BCUT2D eigenvalue weighted by Crippen LogP contribution is -2.10. The zero-order valence-corrected chi connectivity index (χ0v) is 8.66. The quantitative estimate of drug-likeness (QED) is 0.698. The van der Waals surface area contributed by atoms with Crippen LogP contribution in [-0.2, 0) is 17.9 Å². The minimum Gasteiger partial charge on any atom is -0.372 e. The summed E-state index contributed by atoms with van der Waals surface area (Å²) in [4.78, 5) is 0. The number of rotatable bonds is 5. The average molecular weight is 182 g/mol. The van der Waals surface area contributed by atoms with Crippen molar-refractivity contribution in [2.24, 2.45) is 0 Å². The van der Waals surface area contributed by atoms with Gasteiger partial charge in [0, 0.05) is 12.7 Å². The molecule has 0 amide bonds. The number of aromatic nitrogens is 2. The van der Waals surface area contributed by atoms with Crippen LogP contribution in [-0.4, -0.2) is 15.9 Å². The zero-order valence-electron chi connectivity index (χ0n) is 8.66. The minimum absolute atomic E-state index is 0.334. The van der Waals surface area contributed by atoms with Gasteiger partial charge in [-0.3, -0.25) is 4.68 Å². The van der Waals surface area contributed by atoms with E-state index in [-0.39, 0.29) is 0 Å². The molecular formula is C10H18N2O. The normalized spacial score (nSPS) is 13.2. The van der Waals surface area contributed by atoms with Crippen molar-refractivity contribution in [1.82, 2.24) is 9.78 Å². The lowest BCUT2D eigenvalue weighted by atomic mass is 10.3. The van der Waals surface area contributed by atoms with Gasteiger partial charge < -0.3 is 4.74 Å². The van der Waals surface area contributed by atoms with E-state index in [0.29, 0.717) is 12.7 Å². The molecule has 0 spiro atoms. The van der Waals surface area contributed by atoms with E-state index in [0.717, 1.165) is 18.7 Å². The highest BCUT2D eigenvalue weighted by Gasteiger charge is 2.03. The van der Waals surface area contributed by atoms with Crippen LogP contribution in [0.15, 0.2) is 12.3 Å². The van der Waals surface area contributed by atoms with Crippen molar-refractivity contribution in [2.75, 3.05) is 0 Å². The average Bonchev–Trinajstić information content (AvgIpc) is 2.61. The molecule has 0 aliphatic carbocycles. The summed E-state index contributed by atoms with van der Waals surface area (Å²) >= 11 is 0. The summed E-state index contributed by atoms with van der Waals surface area (Å²) in [6.45, 7) is 7.88. The molecule has 3 nitrogen and oxygen atoms in total. The standard InChI is InChI=1S/C10H18N2O/c1-4-9(3)13-8-10-6-7-11-12(10)5-2/h6-7,9H,4-5,8H2,1-3H3/t9-/m1/s1. The lowest BCUT2D eigenvalue weighted by Gasteiger charge is -2.10. The third-order valence-electron chi connectivity index (χ3n) is 2.19. The summed E-state index contributed by atoms with van der Waals surface area (Å²) in [5.41, 5.74) is 1.16. The predicted molar refractivity (Wildman–Crippen MR) is 52.4 cm³/mol. The molecule has 0 saturated carbocycles. The van der Waals surface area contributed by atoms with Crippen LogP contribution < -0.4 is 0 Å². The maximum absolute atomic E-state index is 5.62. The number of ether oxygens (including phenoxy) is 1. The van der Waals surface area contributed by atoms with Crippen LogP contribution in [0.1, 0.15) is 32.9 Å². The van der Waals surface area contributed by atoms with Gasteiger partial charge in [-0.05, 0) is 26.3 Å². The van der Waals surface area contributed by atoms with Crippen molar-refractivity contribution in [3.05, 3.63) is 18.0 Å². The number of hydrogen-bond donors (Lipinski definition) is 0. The Morgan fingerprint density at radius 1 is 1.54 bits per heavy atom. The van der Waals surface area contributed by atoms with Gasteiger partial charge in [-0.15, -0.1) is 0 Å². The van der Waals surface area contributed by atoms with Crippen LogP contribution in [0.3, 0.4) is 0 Å². The molecule has 0 aromatic carbocycles. The highest BCUT2D eigenvalue weighted by atomic mass is 16.5. The largest absolute Gasteiger partial charge is 0.372 e. The van der Waals surface area contributed by atoms with E-state index in [1.807, 2.05) is 16.9 Å². The molecule has 3 heteroatoms. The Hall–Kier alpha value is -0.830. The Morgan fingerprint density at radius 2 is 2.31 bits per heavy atom. The minimum atomic E-state index is 0.334. The summed E-state index contributed by atoms with van der Waals surface area (Å²) in [5.74, 6) is 0. The number of nitrogens with zero attached hydrogens (tertiary/aromatic N) is 2. The third-order valence-corrected chi connectivity index (χ3v) is 2.19. The van der Waals surface area contributed by atoms with Crippen molar-refractivity contribution >= 4 is 0 Å². The maximum Gasteiger partial charge on any atom is 0.0888 e. The Bertz CT molecular complexity index is 245. The van der Waals surface area contributed by atoms with Crippen LogP contribution in [0.5, 0.6) is 0 Å². The van der Waals surface area contributed by atoms with Crippen LogP contribution in [0.25, 0.3) is 0 Å². The van der Waals surface area contributed by atoms with Crippen molar-refractivity contribution in [1.29, 1.82) is 0 Å². The van der Waals surface area contributed by atoms with Gasteiger partial charge in [0.05, 0.1) is 18.4 Å².